The van der Waals surface area contributed by atoms with Crippen molar-refractivity contribution in [3.05, 3.63) is 89.6 Å². The van der Waals surface area contributed by atoms with Gasteiger partial charge in [-0.1, -0.05) is 18.2 Å². The Morgan fingerprint density at radius 3 is 2.24 bits per heavy atom. The van der Waals surface area contributed by atoms with Crippen molar-refractivity contribution in [2.45, 2.75) is 20.0 Å². The Morgan fingerprint density at radius 1 is 0.912 bits per heavy atom. The Kier molecular flexibility index (Phi) is 6.33. The van der Waals surface area contributed by atoms with E-state index < -0.39 is 11.8 Å². The number of carbonyl (C=O) groups excluding carboxylic acids is 2. The summed E-state index contributed by atoms with van der Waals surface area (Å²) in [6.45, 7) is 3.86. The van der Waals surface area contributed by atoms with E-state index in [-0.39, 0.29) is 17.4 Å². The van der Waals surface area contributed by atoms with Crippen LogP contribution in [0.25, 0.3) is 5.57 Å². The SMILES string of the molecule is COc1cccc(NC2=C(c3ccc(OC(C)C)cc3)C(=O)N(c3ccc(C#N)cc3)C2=O)c1. The molecule has 1 heterocycles. The maximum Gasteiger partial charge on any atom is 0.282 e. The lowest BCUT2D eigenvalue weighted by molar-refractivity contribution is -0.120. The molecular formula is C27H23N3O4. The summed E-state index contributed by atoms with van der Waals surface area (Å²) in [6, 6.07) is 22.5. The third-order valence-corrected chi connectivity index (χ3v) is 5.19. The Morgan fingerprint density at radius 2 is 1.62 bits per heavy atom. The molecule has 0 aromatic heterocycles. The van der Waals surface area contributed by atoms with Crippen molar-refractivity contribution in [1.29, 1.82) is 5.26 Å². The fraction of sp³-hybridized carbons (Fsp3) is 0.148. The van der Waals surface area contributed by atoms with Crippen molar-refractivity contribution in [2.75, 3.05) is 17.3 Å². The van der Waals surface area contributed by atoms with Gasteiger partial charge < -0.3 is 14.8 Å². The first-order valence-corrected chi connectivity index (χ1v) is 10.7. The minimum Gasteiger partial charge on any atom is -0.497 e. The highest BCUT2D eigenvalue weighted by Crippen LogP contribution is 2.35. The van der Waals surface area contributed by atoms with E-state index >= 15 is 0 Å². The topological polar surface area (TPSA) is 91.7 Å². The highest BCUT2D eigenvalue weighted by molar-refractivity contribution is 6.46. The number of carbonyl (C=O) groups is 2. The van der Waals surface area contributed by atoms with E-state index in [0.717, 1.165) is 4.90 Å². The molecule has 1 aliphatic rings. The van der Waals surface area contributed by atoms with Crippen LogP contribution in [0.5, 0.6) is 11.5 Å². The molecule has 0 spiro atoms. The number of nitrogens with zero attached hydrogens (tertiary/aromatic N) is 2. The van der Waals surface area contributed by atoms with Gasteiger partial charge in [-0.3, -0.25) is 9.59 Å². The van der Waals surface area contributed by atoms with Gasteiger partial charge in [-0.2, -0.15) is 5.26 Å². The Bertz CT molecular complexity index is 1300. The summed E-state index contributed by atoms with van der Waals surface area (Å²) in [7, 11) is 1.56. The van der Waals surface area contributed by atoms with E-state index in [1.54, 1.807) is 79.9 Å². The lowest BCUT2D eigenvalue weighted by Crippen LogP contribution is -2.32. The van der Waals surface area contributed by atoms with Gasteiger partial charge in [-0.15, -0.1) is 0 Å². The summed E-state index contributed by atoms with van der Waals surface area (Å²) in [6.07, 6.45) is 0.0110. The Labute approximate surface area is 197 Å². The first-order valence-electron chi connectivity index (χ1n) is 10.7. The summed E-state index contributed by atoms with van der Waals surface area (Å²) in [4.78, 5) is 28.1. The van der Waals surface area contributed by atoms with E-state index in [1.165, 1.54) is 0 Å². The average molecular weight is 453 g/mol. The molecule has 1 aliphatic heterocycles. The van der Waals surface area contributed by atoms with Gasteiger partial charge in [0.1, 0.15) is 17.2 Å². The summed E-state index contributed by atoms with van der Waals surface area (Å²) in [5, 5.41) is 12.2. The predicted molar refractivity (Wildman–Crippen MR) is 129 cm³/mol. The minimum atomic E-state index is -0.491. The maximum atomic E-state index is 13.5. The summed E-state index contributed by atoms with van der Waals surface area (Å²) in [5.74, 6) is 0.332. The standard InChI is InChI=1S/C27H23N3O4/c1-17(2)34-22-13-9-19(10-14-22)24-25(29-20-5-4-6-23(15-20)33-3)27(32)30(26(24)31)21-11-7-18(16-28)8-12-21/h4-15,17,29H,1-3H3. The zero-order chi connectivity index (χ0) is 24.2. The number of imide groups is 1. The molecule has 34 heavy (non-hydrogen) atoms. The van der Waals surface area contributed by atoms with Crippen molar-refractivity contribution in [3.63, 3.8) is 0 Å². The number of nitrogens with one attached hydrogen (secondary N) is 1. The normalized spacial score (nSPS) is 13.3. The number of rotatable bonds is 7. The van der Waals surface area contributed by atoms with Gasteiger partial charge in [0.25, 0.3) is 11.8 Å². The van der Waals surface area contributed by atoms with Crippen molar-refractivity contribution >= 4 is 28.8 Å². The quantitative estimate of drug-likeness (QED) is 0.519. The van der Waals surface area contributed by atoms with Crippen molar-refractivity contribution < 1.29 is 19.1 Å². The zero-order valence-electron chi connectivity index (χ0n) is 19.0. The first-order chi connectivity index (χ1) is 16.4. The second kappa shape index (κ2) is 9.51. The van der Waals surface area contributed by atoms with Crippen LogP contribution in [0.4, 0.5) is 11.4 Å². The van der Waals surface area contributed by atoms with Crippen LogP contribution >= 0.6 is 0 Å². The number of ether oxygens (including phenoxy) is 2. The molecule has 1 N–H and O–H groups in total. The Hall–Kier alpha value is -4.57. The largest absolute Gasteiger partial charge is 0.497 e. The minimum absolute atomic E-state index is 0.0110. The average Bonchev–Trinajstić information content (AvgIpc) is 3.08. The molecular weight excluding hydrogens is 430 g/mol. The maximum absolute atomic E-state index is 13.5. The van der Waals surface area contributed by atoms with Gasteiger partial charge in [0, 0.05) is 11.8 Å². The first kappa shape index (κ1) is 22.6. The van der Waals surface area contributed by atoms with Crippen LogP contribution in [0.2, 0.25) is 0 Å². The molecule has 0 aliphatic carbocycles. The molecule has 3 aromatic rings. The Balaban J connectivity index is 1.77. The van der Waals surface area contributed by atoms with E-state index in [2.05, 4.69) is 5.32 Å². The lowest BCUT2D eigenvalue weighted by atomic mass is 10.0. The van der Waals surface area contributed by atoms with Gasteiger partial charge >= 0.3 is 0 Å². The highest BCUT2D eigenvalue weighted by atomic mass is 16.5. The number of benzene rings is 3. The number of hydrogen-bond donors (Lipinski definition) is 1. The van der Waals surface area contributed by atoms with E-state index in [0.29, 0.717) is 34.0 Å². The van der Waals surface area contributed by atoms with Gasteiger partial charge in [-0.05, 0) is 67.9 Å². The summed E-state index contributed by atoms with van der Waals surface area (Å²) < 4.78 is 11.0. The van der Waals surface area contributed by atoms with Gasteiger partial charge in [0.15, 0.2) is 0 Å². The molecule has 4 rings (SSSR count). The molecule has 0 atom stereocenters. The van der Waals surface area contributed by atoms with E-state index in [1.807, 2.05) is 19.9 Å². The molecule has 0 unspecified atom stereocenters. The molecule has 2 amide bonds. The van der Waals surface area contributed by atoms with Crippen LogP contribution in [-0.4, -0.2) is 25.0 Å². The van der Waals surface area contributed by atoms with Crippen molar-refractivity contribution in [2.24, 2.45) is 0 Å². The van der Waals surface area contributed by atoms with E-state index in [9.17, 15) is 9.59 Å². The van der Waals surface area contributed by atoms with Crippen LogP contribution in [0.15, 0.2) is 78.5 Å². The highest BCUT2D eigenvalue weighted by Gasteiger charge is 2.40. The predicted octanol–water partition coefficient (Wildman–Crippen LogP) is 4.75. The van der Waals surface area contributed by atoms with Crippen LogP contribution in [-0.2, 0) is 9.59 Å². The third kappa shape index (κ3) is 4.48. The molecule has 170 valence electrons. The third-order valence-electron chi connectivity index (χ3n) is 5.19. The molecule has 7 heteroatoms. The molecule has 0 saturated carbocycles. The van der Waals surface area contributed by atoms with Gasteiger partial charge in [-0.25, -0.2) is 4.90 Å². The molecule has 0 saturated heterocycles. The van der Waals surface area contributed by atoms with Gasteiger partial charge in [0.2, 0.25) is 0 Å². The summed E-state index contributed by atoms with van der Waals surface area (Å²) in [5.41, 5.74) is 2.40. The monoisotopic (exact) mass is 453 g/mol. The molecule has 3 aromatic carbocycles. The summed E-state index contributed by atoms with van der Waals surface area (Å²) >= 11 is 0. The van der Waals surface area contributed by atoms with Crippen LogP contribution < -0.4 is 19.7 Å². The number of hydrogen-bond acceptors (Lipinski definition) is 6. The zero-order valence-corrected chi connectivity index (χ0v) is 19.0. The van der Waals surface area contributed by atoms with Crippen LogP contribution in [0.1, 0.15) is 25.0 Å². The number of methoxy groups -OCH3 is 1. The molecule has 0 radical (unpaired) electrons. The van der Waals surface area contributed by atoms with Gasteiger partial charge in [0.05, 0.1) is 36.1 Å². The molecule has 0 bridgehead atoms. The second-order valence-electron chi connectivity index (χ2n) is 7.90. The smallest absolute Gasteiger partial charge is 0.282 e. The fourth-order valence-corrected chi connectivity index (χ4v) is 3.65. The number of anilines is 2. The fourth-order valence-electron chi connectivity index (χ4n) is 3.65. The van der Waals surface area contributed by atoms with Crippen LogP contribution in [0, 0.1) is 11.3 Å². The molecule has 0 fully saturated rings. The number of nitriles is 1. The number of amides is 2. The van der Waals surface area contributed by atoms with Crippen LogP contribution in [0.3, 0.4) is 0 Å². The van der Waals surface area contributed by atoms with E-state index in [4.69, 9.17) is 14.7 Å². The van der Waals surface area contributed by atoms with Crippen molar-refractivity contribution in [3.8, 4) is 17.6 Å². The molecule has 7 nitrogen and oxygen atoms in total. The lowest BCUT2D eigenvalue weighted by Gasteiger charge is -2.15. The van der Waals surface area contributed by atoms with Crippen molar-refractivity contribution in [1.82, 2.24) is 0 Å². The second-order valence-corrected chi connectivity index (χ2v) is 7.90.